The largest absolute Gasteiger partial charge is 0.504 e. The number of benzene rings is 1. The molecule has 0 amide bonds. The van der Waals surface area contributed by atoms with E-state index in [0.29, 0.717) is 5.56 Å². The van der Waals surface area contributed by atoms with Crippen LogP contribution in [-0.2, 0) is 34.8 Å². The van der Waals surface area contributed by atoms with Gasteiger partial charge in [-0.1, -0.05) is 6.07 Å². The predicted molar refractivity (Wildman–Crippen MR) is 131 cm³/mol. The molecule has 13 atom stereocenters. The van der Waals surface area contributed by atoms with Gasteiger partial charge in [0, 0.05) is 0 Å². The Labute approximate surface area is 234 Å². The van der Waals surface area contributed by atoms with Crippen molar-refractivity contribution in [3.05, 3.63) is 23.8 Å². The van der Waals surface area contributed by atoms with E-state index in [9.17, 15) is 51.1 Å². The summed E-state index contributed by atoms with van der Waals surface area (Å²) in [6, 6.07) is 4.17. The zero-order valence-corrected chi connectivity index (χ0v) is 22.1. The minimum atomic E-state index is -1.95. The summed E-state index contributed by atoms with van der Waals surface area (Å²) >= 11 is 0. The molecular formula is C25H38O16. The fourth-order valence-corrected chi connectivity index (χ4v) is 4.76. The number of aliphatic hydroxyl groups excluding tert-OH is 7. The maximum absolute atomic E-state index is 11.0. The van der Waals surface area contributed by atoms with Gasteiger partial charge in [0.25, 0.3) is 0 Å². The van der Waals surface area contributed by atoms with E-state index in [0.717, 1.165) is 0 Å². The Bertz CT molecular complexity index is 998. The van der Waals surface area contributed by atoms with Crippen molar-refractivity contribution in [3.63, 3.8) is 0 Å². The molecule has 16 heteroatoms. The van der Waals surface area contributed by atoms with Crippen LogP contribution in [0.4, 0.5) is 0 Å². The van der Waals surface area contributed by atoms with E-state index in [1.807, 2.05) is 0 Å². The van der Waals surface area contributed by atoms with E-state index in [1.165, 1.54) is 19.1 Å². The second-order valence-corrected chi connectivity index (χ2v) is 10.5. The summed E-state index contributed by atoms with van der Waals surface area (Å²) in [5.74, 6) is -0.632. The molecule has 1 aromatic carbocycles. The number of ether oxygens (including phenoxy) is 6. The van der Waals surface area contributed by atoms with E-state index < -0.39 is 99.2 Å². The molecule has 4 rings (SSSR count). The molecule has 13 unspecified atom stereocenters. The molecular weight excluding hydrogens is 556 g/mol. The minimum Gasteiger partial charge on any atom is -0.504 e. The van der Waals surface area contributed by atoms with E-state index in [2.05, 4.69) is 0 Å². The quantitative estimate of drug-likeness (QED) is 0.115. The lowest BCUT2D eigenvalue weighted by atomic mass is 9.97. The first kappa shape index (κ1) is 32.2. The maximum atomic E-state index is 11.0. The van der Waals surface area contributed by atoms with E-state index in [1.54, 1.807) is 6.07 Å². The molecule has 3 aliphatic heterocycles. The third kappa shape index (κ3) is 6.92. The Morgan fingerprint density at radius 3 is 2.24 bits per heavy atom. The molecule has 0 spiro atoms. The third-order valence-corrected chi connectivity index (χ3v) is 7.46. The second-order valence-electron chi connectivity index (χ2n) is 10.5. The van der Waals surface area contributed by atoms with Gasteiger partial charge in [0.05, 0.1) is 32.5 Å². The number of aromatic hydroxyl groups is 2. The van der Waals surface area contributed by atoms with Gasteiger partial charge < -0.3 is 79.5 Å². The number of aliphatic hydroxyl groups is 8. The summed E-state index contributed by atoms with van der Waals surface area (Å²) in [5.41, 5.74) is -1.37. The summed E-state index contributed by atoms with van der Waals surface area (Å²) in [6.45, 7) is -0.335. The van der Waals surface area contributed by atoms with Crippen molar-refractivity contribution in [1.29, 1.82) is 0 Å². The molecule has 0 aliphatic carbocycles. The van der Waals surface area contributed by atoms with Crippen LogP contribution in [-0.4, -0.2) is 157 Å². The zero-order chi connectivity index (χ0) is 30.1. The highest BCUT2D eigenvalue weighted by atomic mass is 16.7. The molecule has 16 nitrogen and oxygen atoms in total. The van der Waals surface area contributed by atoms with Gasteiger partial charge in [-0.3, -0.25) is 0 Å². The SMILES string of the molecule is CC1OC(OC2C(O)C(COC3OCC(O)(CO)C3O)OC(OCCc3ccc(O)c(O)c3)C2O)C(O)C(O)C1O. The number of hydrogen-bond acceptors (Lipinski definition) is 16. The van der Waals surface area contributed by atoms with Crippen LogP contribution in [0.1, 0.15) is 12.5 Å². The van der Waals surface area contributed by atoms with Gasteiger partial charge in [0.2, 0.25) is 0 Å². The molecule has 234 valence electrons. The van der Waals surface area contributed by atoms with Crippen molar-refractivity contribution in [2.45, 2.75) is 92.8 Å². The second kappa shape index (κ2) is 13.3. The highest BCUT2D eigenvalue weighted by Crippen LogP contribution is 2.32. The van der Waals surface area contributed by atoms with Gasteiger partial charge in [-0.2, -0.15) is 0 Å². The molecule has 3 aliphatic rings. The van der Waals surface area contributed by atoms with Crippen molar-refractivity contribution in [2.24, 2.45) is 0 Å². The maximum Gasteiger partial charge on any atom is 0.187 e. The van der Waals surface area contributed by atoms with Crippen LogP contribution in [0, 0.1) is 0 Å². The summed E-state index contributed by atoms with van der Waals surface area (Å²) in [7, 11) is 0. The van der Waals surface area contributed by atoms with E-state index >= 15 is 0 Å². The van der Waals surface area contributed by atoms with Crippen molar-refractivity contribution in [2.75, 3.05) is 26.4 Å². The topological polar surface area (TPSA) is 258 Å². The first-order chi connectivity index (χ1) is 19.4. The van der Waals surface area contributed by atoms with Gasteiger partial charge in [-0.05, 0) is 31.0 Å². The Balaban J connectivity index is 1.46. The van der Waals surface area contributed by atoms with Crippen LogP contribution in [0.3, 0.4) is 0 Å². The van der Waals surface area contributed by atoms with Gasteiger partial charge in [0.15, 0.2) is 30.4 Å². The lowest BCUT2D eigenvalue weighted by Gasteiger charge is -2.46. The molecule has 1 aromatic rings. The molecule has 3 heterocycles. The van der Waals surface area contributed by atoms with E-state index in [4.69, 9.17) is 28.4 Å². The van der Waals surface area contributed by atoms with Crippen LogP contribution in [0.25, 0.3) is 0 Å². The number of rotatable bonds is 10. The third-order valence-electron chi connectivity index (χ3n) is 7.46. The lowest BCUT2D eigenvalue weighted by Crippen LogP contribution is -2.64. The van der Waals surface area contributed by atoms with Crippen LogP contribution >= 0.6 is 0 Å². The van der Waals surface area contributed by atoms with Crippen LogP contribution in [0.5, 0.6) is 11.5 Å². The number of hydrogen-bond donors (Lipinski definition) is 10. The fourth-order valence-electron chi connectivity index (χ4n) is 4.76. The highest BCUT2D eigenvalue weighted by Gasteiger charge is 2.52. The minimum absolute atomic E-state index is 0.0686. The normalized spacial score (nSPS) is 43.3. The first-order valence-electron chi connectivity index (χ1n) is 13.1. The molecule has 41 heavy (non-hydrogen) atoms. The average molecular weight is 595 g/mol. The Morgan fingerprint density at radius 2 is 1.59 bits per heavy atom. The molecule has 0 saturated carbocycles. The molecule has 0 bridgehead atoms. The fraction of sp³-hybridized carbons (Fsp3) is 0.760. The smallest absolute Gasteiger partial charge is 0.187 e. The van der Waals surface area contributed by atoms with Gasteiger partial charge in [0.1, 0.15) is 54.4 Å². The Kier molecular flexibility index (Phi) is 10.4. The first-order valence-corrected chi connectivity index (χ1v) is 13.1. The van der Waals surface area contributed by atoms with Crippen LogP contribution in [0.2, 0.25) is 0 Å². The highest BCUT2D eigenvalue weighted by molar-refractivity contribution is 5.40. The van der Waals surface area contributed by atoms with Crippen molar-refractivity contribution in [3.8, 4) is 11.5 Å². The number of phenols is 2. The lowest BCUT2D eigenvalue weighted by molar-refractivity contribution is -0.359. The number of phenolic OH excluding ortho intramolecular Hbond substituents is 2. The summed E-state index contributed by atoms with van der Waals surface area (Å²) in [5, 5.41) is 101. The summed E-state index contributed by atoms with van der Waals surface area (Å²) in [4.78, 5) is 0. The Morgan fingerprint density at radius 1 is 0.854 bits per heavy atom. The van der Waals surface area contributed by atoms with Gasteiger partial charge in [-0.15, -0.1) is 0 Å². The van der Waals surface area contributed by atoms with Crippen molar-refractivity contribution in [1.82, 2.24) is 0 Å². The predicted octanol–water partition coefficient (Wildman–Crippen LogP) is -4.23. The molecule has 0 aromatic heterocycles. The zero-order valence-electron chi connectivity index (χ0n) is 22.1. The van der Waals surface area contributed by atoms with E-state index in [-0.39, 0.29) is 24.5 Å². The van der Waals surface area contributed by atoms with Gasteiger partial charge in [-0.25, -0.2) is 0 Å². The van der Waals surface area contributed by atoms with Gasteiger partial charge >= 0.3 is 0 Å². The standard InChI is InChI=1S/C25H38O16/c1-10-15(29)17(31)18(32)23(39-10)41-20-16(30)14(7-37-24-21(34)25(35,8-26)9-38-24)40-22(19(20)33)36-5-4-11-2-3-12(27)13(28)6-11/h2-3,6,10,14-24,26-35H,4-5,7-9H2,1H3. The van der Waals surface area contributed by atoms with Crippen molar-refractivity contribution < 1.29 is 79.5 Å². The van der Waals surface area contributed by atoms with Crippen molar-refractivity contribution >= 4 is 0 Å². The molecule has 10 N–H and O–H groups in total. The molecule has 0 radical (unpaired) electrons. The molecule has 3 saturated heterocycles. The van der Waals surface area contributed by atoms with Crippen LogP contribution in [0.15, 0.2) is 18.2 Å². The summed E-state index contributed by atoms with van der Waals surface area (Å²) in [6.07, 6.45) is -17.7. The molecule has 3 fully saturated rings. The summed E-state index contributed by atoms with van der Waals surface area (Å²) < 4.78 is 33.2. The monoisotopic (exact) mass is 594 g/mol. The van der Waals surface area contributed by atoms with Crippen LogP contribution < -0.4 is 0 Å². The Hall–Kier alpha value is -1.74. The average Bonchev–Trinajstić information content (AvgIpc) is 3.24.